The van der Waals surface area contributed by atoms with Crippen molar-refractivity contribution in [3.63, 3.8) is 0 Å². The minimum atomic E-state index is 0.241. The number of hydrogen-bond acceptors (Lipinski definition) is 3. The first-order valence-corrected chi connectivity index (χ1v) is 8.31. The third-order valence-electron chi connectivity index (χ3n) is 4.38. The van der Waals surface area contributed by atoms with Crippen molar-refractivity contribution in [2.75, 3.05) is 0 Å². The van der Waals surface area contributed by atoms with Crippen LogP contribution in [0.2, 0.25) is 0 Å². The van der Waals surface area contributed by atoms with Gasteiger partial charge in [-0.2, -0.15) is 0 Å². The normalized spacial score (nSPS) is 13.5. The van der Waals surface area contributed by atoms with Gasteiger partial charge in [0.1, 0.15) is 5.75 Å². The highest BCUT2D eigenvalue weighted by atomic mass is 16.3. The van der Waals surface area contributed by atoms with Gasteiger partial charge in [0.15, 0.2) is 0 Å². The van der Waals surface area contributed by atoms with Crippen molar-refractivity contribution in [3.8, 4) is 5.75 Å². The first-order chi connectivity index (χ1) is 12.2. The zero-order valence-corrected chi connectivity index (χ0v) is 14.0. The summed E-state index contributed by atoms with van der Waals surface area (Å²) in [5, 5.41) is 10.3. The predicted molar refractivity (Wildman–Crippen MR) is 103 cm³/mol. The maximum absolute atomic E-state index is 10.3. The maximum Gasteiger partial charge on any atom is 0.124 e. The van der Waals surface area contributed by atoms with Crippen LogP contribution in [0, 0.1) is 6.92 Å². The number of phenols is 1. The molecule has 1 N–H and O–H groups in total. The molecule has 1 aliphatic heterocycles. The number of para-hydroxylation sites is 2. The summed E-state index contributed by atoms with van der Waals surface area (Å²) >= 11 is 0. The zero-order chi connectivity index (χ0) is 17.2. The van der Waals surface area contributed by atoms with Crippen molar-refractivity contribution in [1.82, 2.24) is 0 Å². The summed E-state index contributed by atoms with van der Waals surface area (Å²) in [4.78, 5) is 9.78. The van der Waals surface area contributed by atoms with Gasteiger partial charge in [0.2, 0.25) is 0 Å². The molecule has 0 saturated carbocycles. The minimum absolute atomic E-state index is 0.241. The van der Waals surface area contributed by atoms with Gasteiger partial charge in [-0.15, -0.1) is 0 Å². The lowest BCUT2D eigenvalue weighted by Crippen LogP contribution is -2.10. The number of aryl methyl sites for hydroxylation is 1. The van der Waals surface area contributed by atoms with Crippen LogP contribution in [-0.2, 0) is 0 Å². The van der Waals surface area contributed by atoms with E-state index in [0.717, 1.165) is 39.5 Å². The molecule has 1 aliphatic rings. The SMILES string of the molecule is Cc1cccc2c1N=C(c1ccccc1)CC(c1ccccc1O)=N2. The van der Waals surface area contributed by atoms with Gasteiger partial charge in [0.25, 0.3) is 0 Å². The Labute approximate surface area is 147 Å². The molecule has 3 heteroatoms. The minimum Gasteiger partial charge on any atom is -0.507 e. The Balaban J connectivity index is 1.93. The van der Waals surface area contributed by atoms with Crippen molar-refractivity contribution in [2.24, 2.45) is 9.98 Å². The van der Waals surface area contributed by atoms with E-state index in [-0.39, 0.29) is 5.75 Å². The molecule has 0 unspecified atom stereocenters. The molecule has 0 aromatic heterocycles. The predicted octanol–water partition coefficient (Wildman–Crippen LogP) is 5.35. The molecule has 3 aromatic rings. The molecule has 0 atom stereocenters. The fourth-order valence-electron chi connectivity index (χ4n) is 3.07. The van der Waals surface area contributed by atoms with E-state index in [2.05, 4.69) is 12.1 Å². The largest absolute Gasteiger partial charge is 0.507 e. The van der Waals surface area contributed by atoms with Crippen LogP contribution < -0.4 is 0 Å². The van der Waals surface area contributed by atoms with E-state index in [1.807, 2.05) is 61.5 Å². The molecule has 122 valence electrons. The molecule has 0 fully saturated rings. The summed E-state index contributed by atoms with van der Waals surface area (Å²) in [5.41, 5.74) is 6.42. The Bertz CT molecular complexity index is 988. The molecule has 1 heterocycles. The fraction of sp³-hybridized carbons (Fsp3) is 0.0909. The van der Waals surface area contributed by atoms with Crippen LogP contribution in [0.15, 0.2) is 82.8 Å². The van der Waals surface area contributed by atoms with Crippen LogP contribution in [0.25, 0.3) is 0 Å². The van der Waals surface area contributed by atoms with Gasteiger partial charge in [0, 0.05) is 12.0 Å². The number of fused-ring (bicyclic) bond motifs is 1. The van der Waals surface area contributed by atoms with E-state index < -0.39 is 0 Å². The Morgan fingerprint density at radius 2 is 1.52 bits per heavy atom. The van der Waals surface area contributed by atoms with E-state index in [0.29, 0.717) is 6.42 Å². The third kappa shape index (κ3) is 2.96. The molecular formula is C22H18N2O. The van der Waals surface area contributed by atoms with Crippen molar-refractivity contribution in [1.29, 1.82) is 0 Å². The van der Waals surface area contributed by atoms with E-state index in [4.69, 9.17) is 9.98 Å². The Hall–Kier alpha value is -3.20. The van der Waals surface area contributed by atoms with Crippen LogP contribution in [-0.4, -0.2) is 16.5 Å². The smallest absolute Gasteiger partial charge is 0.124 e. The molecule has 0 radical (unpaired) electrons. The average molecular weight is 326 g/mol. The molecule has 0 aliphatic carbocycles. The Morgan fingerprint density at radius 3 is 2.32 bits per heavy atom. The summed E-state index contributed by atoms with van der Waals surface area (Å²) in [7, 11) is 0. The monoisotopic (exact) mass is 326 g/mol. The van der Waals surface area contributed by atoms with Crippen LogP contribution >= 0.6 is 0 Å². The molecule has 0 bridgehead atoms. The summed E-state index contributed by atoms with van der Waals surface area (Å²) in [6.07, 6.45) is 0.565. The third-order valence-corrected chi connectivity index (χ3v) is 4.38. The number of aromatic hydroxyl groups is 1. The van der Waals surface area contributed by atoms with Crippen molar-refractivity contribution >= 4 is 22.8 Å². The molecule has 0 saturated heterocycles. The number of benzene rings is 3. The molecule has 0 amide bonds. The second-order valence-electron chi connectivity index (χ2n) is 6.12. The number of hydrogen-bond donors (Lipinski definition) is 1. The standard InChI is InChI=1S/C22H18N2O/c1-15-8-7-12-18-22(15)24-19(16-9-3-2-4-10-16)14-20(23-18)17-11-5-6-13-21(17)25/h2-13,25H,14H2,1H3. The van der Waals surface area contributed by atoms with Crippen LogP contribution in [0.5, 0.6) is 5.75 Å². The highest BCUT2D eigenvalue weighted by Crippen LogP contribution is 2.36. The lowest BCUT2D eigenvalue weighted by atomic mass is 9.99. The van der Waals surface area contributed by atoms with Gasteiger partial charge < -0.3 is 5.11 Å². The first-order valence-electron chi connectivity index (χ1n) is 8.31. The number of nitrogens with zero attached hydrogens (tertiary/aromatic N) is 2. The van der Waals surface area contributed by atoms with Gasteiger partial charge in [0.05, 0.1) is 22.8 Å². The fourth-order valence-corrected chi connectivity index (χ4v) is 3.07. The highest BCUT2D eigenvalue weighted by molar-refractivity contribution is 6.21. The molecule has 3 aromatic carbocycles. The summed E-state index contributed by atoms with van der Waals surface area (Å²) in [6.45, 7) is 2.05. The topological polar surface area (TPSA) is 45.0 Å². The quantitative estimate of drug-likeness (QED) is 0.678. The van der Waals surface area contributed by atoms with Crippen molar-refractivity contribution in [2.45, 2.75) is 13.3 Å². The van der Waals surface area contributed by atoms with Gasteiger partial charge >= 0.3 is 0 Å². The van der Waals surface area contributed by atoms with E-state index >= 15 is 0 Å². The van der Waals surface area contributed by atoms with Gasteiger partial charge in [-0.3, -0.25) is 4.99 Å². The van der Waals surface area contributed by atoms with Gasteiger partial charge in [-0.05, 0) is 36.2 Å². The number of phenolic OH excluding ortho intramolecular Hbond substituents is 1. The number of rotatable bonds is 2. The molecular weight excluding hydrogens is 308 g/mol. The first kappa shape index (κ1) is 15.3. The van der Waals surface area contributed by atoms with E-state index in [1.165, 1.54) is 0 Å². The van der Waals surface area contributed by atoms with Crippen LogP contribution in [0.1, 0.15) is 23.1 Å². The lowest BCUT2D eigenvalue weighted by Gasteiger charge is -2.09. The summed E-state index contributed by atoms with van der Waals surface area (Å²) in [6, 6.07) is 23.5. The summed E-state index contributed by atoms with van der Waals surface area (Å²) < 4.78 is 0. The van der Waals surface area contributed by atoms with Crippen LogP contribution in [0.3, 0.4) is 0 Å². The molecule has 3 nitrogen and oxygen atoms in total. The van der Waals surface area contributed by atoms with Gasteiger partial charge in [-0.1, -0.05) is 54.6 Å². The average Bonchev–Trinajstić information content (AvgIpc) is 2.84. The number of aliphatic imine (C=N–C) groups is 2. The highest BCUT2D eigenvalue weighted by Gasteiger charge is 2.18. The second-order valence-corrected chi connectivity index (χ2v) is 6.12. The molecule has 4 rings (SSSR count). The van der Waals surface area contributed by atoms with Gasteiger partial charge in [-0.25, -0.2) is 4.99 Å². The maximum atomic E-state index is 10.3. The lowest BCUT2D eigenvalue weighted by molar-refractivity contribution is 0.474. The Kier molecular flexibility index (Phi) is 3.90. The van der Waals surface area contributed by atoms with Crippen molar-refractivity contribution in [3.05, 3.63) is 89.5 Å². The summed E-state index contributed by atoms with van der Waals surface area (Å²) in [5.74, 6) is 0.241. The van der Waals surface area contributed by atoms with E-state index in [1.54, 1.807) is 6.07 Å². The van der Waals surface area contributed by atoms with E-state index in [9.17, 15) is 5.11 Å². The Morgan fingerprint density at radius 1 is 0.760 bits per heavy atom. The molecule has 25 heavy (non-hydrogen) atoms. The second kappa shape index (κ2) is 6.36. The van der Waals surface area contributed by atoms with Crippen molar-refractivity contribution < 1.29 is 5.11 Å². The van der Waals surface area contributed by atoms with Crippen LogP contribution in [0.4, 0.5) is 11.4 Å². The zero-order valence-electron chi connectivity index (χ0n) is 14.0. The molecule has 0 spiro atoms.